The number of ether oxygens (including phenoxy) is 2. The van der Waals surface area contributed by atoms with E-state index in [1.165, 1.54) is 25.1 Å². The van der Waals surface area contributed by atoms with Gasteiger partial charge in [-0.2, -0.15) is 0 Å². The number of phenolic OH excluding ortho intramolecular Hbond substituents is 3. The van der Waals surface area contributed by atoms with Gasteiger partial charge >= 0.3 is 12.1 Å². The zero-order chi connectivity index (χ0) is 18.7. The van der Waals surface area contributed by atoms with E-state index in [-0.39, 0.29) is 28.6 Å². The molecule has 0 amide bonds. The molecular weight excluding hydrogens is 332 g/mol. The summed E-state index contributed by atoms with van der Waals surface area (Å²) in [4.78, 5) is 22.8. The molecular formula is C17H16O8. The lowest BCUT2D eigenvalue weighted by molar-refractivity contribution is -0.135. The summed E-state index contributed by atoms with van der Waals surface area (Å²) < 4.78 is 9.48. The van der Waals surface area contributed by atoms with Crippen molar-refractivity contribution in [3.8, 4) is 28.7 Å². The standard InChI is InChI=1S/C17H16O8/c1-8-5-14(20)11(7-13(8)19)9(2)16(21)24-10-3-4-12(18)15(6-10)25-17(22)23/h3-7,9,18-20H,1-2H3,(H,22,23). The molecule has 4 N–H and O–H groups in total. The van der Waals surface area contributed by atoms with E-state index in [9.17, 15) is 24.9 Å². The second-order valence-electron chi connectivity index (χ2n) is 5.34. The molecule has 0 aromatic heterocycles. The summed E-state index contributed by atoms with van der Waals surface area (Å²) in [6, 6.07) is 6.00. The van der Waals surface area contributed by atoms with Crippen LogP contribution in [0.1, 0.15) is 24.0 Å². The first-order valence-electron chi connectivity index (χ1n) is 7.17. The van der Waals surface area contributed by atoms with Crippen molar-refractivity contribution >= 4 is 12.1 Å². The monoisotopic (exact) mass is 348 g/mol. The summed E-state index contributed by atoms with van der Waals surface area (Å²) >= 11 is 0. The van der Waals surface area contributed by atoms with Crippen molar-refractivity contribution in [3.63, 3.8) is 0 Å². The van der Waals surface area contributed by atoms with Gasteiger partial charge in [-0.25, -0.2) is 4.79 Å². The number of aromatic hydroxyl groups is 3. The van der Waals surface area contributed by atoms with Crippen molar-refractivity contribution in [3.05, 3.63) is 41.5 Å². The van der Waals surface area contributed by atoms with Crippen LogP contribution in [-0.4, -0.2) is 32.6 Å². The summed E-state index contributed by atoms with van der Waals surface area (Å²) in [7, 11) is 0. The molecule has 2 rings (SSSR count). The van der Waals surface area contributed by atoms with E-state index in [0.29, 0.717) is 5.56 Å². The highest BCUT2D eigenvalue weighted by Crippen LogP contribution is 2.34. The van der Waals surface area contributed by atoms with Crippen LogP contribution in [0.3, 0.4) is 0 Å². The van der Waals surface area contributed by atoms with Gasteiger partial charge in [0.25, 0.3) is 0 Å². The first-order chi connectivity index (χ1) is 11.7. The largest absolute Gasteiger partial charge is 0.511 e. The Balaban J connectivity index is 2.22. The quantitative estimate of drug-likeness (QED) is 0.287. The number of hydrogen-bond acceptors (Lipinski definition) is 7. The van der Waals surface area contributed by atoms with Gasteiger partial charge < -0.3 is 29.9 Å². The second-order valence-corrected chi connectivity index (χ2v) is 5.34. The van der Waals surface area contributed by atoms with Gasteiger partial charge in [-0.05, 0) is 43.7 Å². The Bertz CT molecular complexity index is 828. The molecule has 0 saturated carbocycles. The lowest BCUT2D eigenvalue weighted by atomic mass is 9.98. The minimum atomic E-state index is -1.63. The number of carbonyl (C=O) groups excluding carboxylic acids is 1. The van der Waals surface area contributed by atoms with Crippen molar-refractivity contribution < 1.29 is 39.5 Å². The molecule has 8 heteroatoms. The fourth-order valence-corrected chi connectivity index (χ4v) is 2.11. The van der Waals surface area contributed by atoms with E-state index < -0.39 is 23.8 Å². The number of hydrogen-bond donors (Lipinski definition) is 4. The molecule has 1 atom stereocenters. The fraction of sp³-hybridized carbons (Fsp3) is 0.176. The smallest absolute Gasteiger partial charge is 0.508 e. The number of rotatable bonds is 4. The van der Waals surface area contributed by atoms with Gasteiger partial charge in [0, 0.05) is 11.6 Å². The molecule has 1 unspecified atom stereocenters. The maximum Gasteiger partial charge on any atom is 0.511 e. The number of phenols is 3. The van der Waals surface area contributed by atoms with Crippen LogP contribution in [-0.2, 0) is 4.79 Å². The molecule has 0 saturated heterocycles. The normalized spacial score (nSPS) is 11.6. The maximum atomic E-state index is 12.2. The molecule has 0 bridgehead atoms. The molecule has 0 aliphatic rings. The Morgan fingerprint density at radius 1 is 0.960 bits per heavy atom. The minimum Gasteiger partial charge on any atom is -0.508 e. The Kier molecular flexibility index (Phi) is 5.02. The minimum absolute atomic E-state index is 0.0540. The van der Waals surface area contributed by atoms with Crippen LogP contribution < -0.4 is 9.47 Å². The van der Waals surface area contributed by atoms with E-state index in [4.69, 9.17) is 9.84 Å². The third kappa shape index (κ3) is 4.11. The van der Waals surface area contributed by atoms with E-state index in [1.54, 1.807) is 6.92 Å². The number of esters is 1. The third-order valence-electron chi connectivity index (χ3n) is 3.51. The Hall–Kier alpha value is -3.42. The lowest BCUT2D eigenvalue weighted by Crippen LogP contribution is -2.16. The maximum absolute atomic E-state index is 12.2. The molecule has 2 aromatic rings. The van der Waals surface area contributed by atoms with E-state index in [2.05, 4.69) is 4.74 Å². The summed E-state index contributed by atoms with van der Waals surface area (Å²) in [5, 5.41) is 37.8. The SMILES string of the molecule is Cc1cc(O)c(C(C)C(=O)Oc2ccc(O)c(OC(=O)O)c2)cc1O. The fourth-order valence-electron chi connectivity index (χ4n) is 2.11. The summed E-state index contributed by atoms with van der Waals surface area (Å²) in [6.07, 6.45) is -1.63. The molecule has 2 aromatic carbocycles. The van der Waals surface area contributed by atoms with Crippen molar-refractivity contribution in [1.82, 2.24) is 0 Å². The third-order valence-corrected chi connectivity index (χ3v) is 3.51. The molecule has 0 spiro atoms. The summed E-state index contributed by atoms with van der Waals surface area (Å²) in [6.45, 7) is 3.07. The van der Waals surface area contributed by atoms with Crippen molar-refractivity contribution in [1.29, 1.82) is 0 Å². The molecule has 0 radical (unpaired) electrons. The van der Waals surface area contributed by atoms with Gasteiger partial charge in [0.05, 0.1) is 5.92 Å². The average Bonchev–Trinajstić information content (AvgIpc) is 2.53. The highest BCUT2D eigenvalue weighted by atomic mass is 16.7. The van der Waals surface area contributed by atoms with Gasteiger partial charge in [-0.3, -0.25) is 4.79 Å². The van der Waals surface area contributed by atoms with E-state index >= 15 is 0 Å². The van der Waals surface area contributed by atoms with Crippen LogP contribution >= 0.6 is 0 Å². The van der Waals surface area contributed by atoms with Crippen LogP contribution in [0, 0.1) is 6.92 Å². The van der Waals surface area contributed by atoms with Crippen LogP contribution in [0.4, 0.5) is 4.79 Å². The molecule has 8 nitrogen and oxygen atoms in total. The Labute approximate surface area is 142 Å². The molecule has 132 valence electrons. The molecule has 0 aliphatic heterocycles. The first-order valence-corrected chi connectivity index (χ1v) is 7.17. The Morgan fingerprint density at radius 3 is 2.28 bits per heavy atom. The Morgan fingerprint density at radius 2 is 1.64 bits per heavy atom. The molecule has 25 heavy (non-hydrogen) atoms. The van der Waals surface area contributed by atoms with Gasteiger partial charge in [-0.1, -0.05) is 0 Å². The number of carbonyl (C=O) groups is 2. The summed E-state index contributed by atoms with van der Waals surface area (Å²) in [5.41, 5.74) is 0.629. The van der Waals surface area contributed by atoms with Crippen LogP contribution in [0.25, 0.3) is 0 Å². The molecule has 0 aliphatic carbocycles. The van der Waals surface area contributed by atoms with Gasteiger partial charge in [0.1, 0.15) is 17.2 Å². The van der Waals surface area contributed by atoms with Crippen molar-refractivity contribution in [2.75, 3.05) is 0 Å². The number of aryl methyl sites for hydroxylation is 1. The lowest BCUT2D eigenvalue weighted by Gasteiger charge is -2.15. The van der Waals surface area contributed by atoms with Gasteiger partial charge in [-0.15, -0.1) is 0 Å². The number of benzene rings is 2. The van der Waals surface area contributed by atoms with Gasteiger partial charge in [0.15, 0.2) is 11.5 Å². The molecule has 0 heterocycles. The highest BCUT2D eigenvalue weighted by Gasteiger charge is 2.22. The van der Waals surface area contributed by atoms with Gasteiger partial charge in [0.2, 0.25) is 0 Å². The predicted molar refractivity (Wildman–Crippen MR) is 85.3 cm³/mol. The van der Waals surface area contributed by atoms with Crippen LogP contribution in [0.15, 0.2) is 30.3 Å². The average molecular weight is 348 g/mol. The highest BCUT2D eigenvalue weighted by molar-refractivity contribution is 5.81. The first kappa shape index (κ1) is 17.9. The predicted octanol–water partition coefficient (Wildman–Crippen LogP) is 2.88. The van der Waals surface area contributed by atoms with Crippen molar-refractivity contribution in [2.24, 2.45) is 0 Å². The topological polar surface area (TPSA) is 134 Å². The molecule has 0 fully saturated rings. The van der Waals surface area contributed by atoms with Crippen molar-refractivity contribution in [2.45, 2.75) is 19.8 Å². The second kappa shape index (κ2) is 7.00. The number of carboxylic acid groups (broad SMARTS) is 1. The van der Waals surface area contributed by atoms with E-state index in [0.717, 1.165) is 12.1 Å². The van der Waals surface area contributed by atoms with E-state index in [1.807, 2.05) is 0 Å². The van der Waals surface area contributed by atoms with Crippen LogP contribution in [0.2, 0.25) is 0 Å². The zero-order valence-corrected chi connectivity index (χ0v) is 13.4. The zero-order valence-electron chi connectivity index (χ0n) is 13.4. The van der Waals surface area contributed by atoms with Crippen LogP contribution in [0.5, 0.6) is 28.7 Å². The summed E-state index contributed by atoms with van der Waals surface area (Å²) in [5.74, 6) is -2.79.